The molecule has 0 radical (unpaired) electrons. The Balaban J connectivity index is 2.08. The van der Waals surface area contributed by atoms with E-state index in [0.29, 0.717) is 6.10 Å². The van der Waals surface area contributed by atoms with Gasteiger partial charge < -0.3 is 9.47 Å². The molecule has 0 saturated heterocycles. The van der Waals surface area contributed by atoms with E-state index in [0.717, 1.165) is 22.7 Å². The summed E-state index contributed by atoms with van der Waals surface area (Å²) in [6.45, 7) is 2.28. The van der Waals surface area contributed by atoms with Crippen LogP contribution in [0, 0.1) is 5.92 Å². The van der Waals surface area contributed by atoms with Crippen LogP contribution in [0.3, 0.4) is 0 Å². The van der Waals surface area contributed by atoms with Gasteiger partial charge in [-0.25, -0.2) is 0 Å². The maximum atomic E-state index is 6.24. The molecule has 0 aliphatic heterocycles. The van der Waals surface area contributed by atoms with Gasteiger partial charge in [0, 0.05) is 17.0 Å². The Labute approximate surface area is 124 Å². The van der Waals surface area contributed by atoms with Crippen molar-refractivity contribution < 1.29 is 9.47 Å². The number of alkyl halides is 1. The van der Waals surface area contributed by atoms with Crippen molar-refractivity contribution in [1.29, 1.82) is 0 Å². The Bertz CT molecular complexity index is 406. The molecule has 2 atom stereocenters. The lowest BCUT2D eigenvalue weighted by molar-refractivity contribution is 0.121. The van der Waals surface area contributed by atoms with E-state index in [9.17, 15) is 0 Å². The van der Waals surface area contributed by atoms with Crippen molar-refractivity contribution >= 4 is 15.9 Å². The van der Waals surface area contributed by atoms with E-state index in [1.165, 1.54) is 37.7 Å². The van der Waals surface area contributed by atoms with Crippen LogP contribution in [0.2, 0.25) is 0 Å². The molecule has 0 bridgehead atoms. The van der Waals surface area contributed by atoms with Crippen molar-refractivity contribution in [1.82, 2.24) is 0 Å². The minimum absolute atomic E-state index is 0.364. The first-order chi connectivity index (χ1) is 9.26. The predicted molar refractivity (Wildman–Crippen MR) is 82.3 cm³/mol. The zero-order valence-corrected chi connectivity index (χ0v) is 13.4. The van der Waals surface area contributed by atoms with Crippen molar-refractivity contribution in [3.05, 3.63) is 23.8 Å². The van der Waals surface area contributed by atoms with Gasteiger partial charge in [0.1, 0.15) is 11.5 Å². The summed E-state index contributed by atoms with van der Waals surface area (Å²) in [7, 11) is 1.70. The third kappa shape index (κ3) is 3.88. The maximum Gasteiger partial charge on any atom is 0.127 e. The lowest BCUT2D eigenvalue weighted by atomic mass is 9.85. The Morgan fingerprint density at radius 3 is 2.84 bits per heavy atom. The zero-order chi connectivity index (χ0) is 13.7. The Morgan fingerprint density at radius 1 is 1.32 bits per heavy atom. The van der Waals surface area contributed by atoms with Gasteiger partial charge in [-0.1, -0.05) is 41.8 Å². The summed E-state index contributed by atoms with van der Waals surface area (Å²) in [5, 5.41) is 0.816. The van der Waals surface area contributed by atoms with E-state index in [2.05, 4.69) is 28.9 Å². The number of hydrogen-bond acceptors (Lipinski definition) is 2. The van der Waals surface area contributed by atoms with E-state index < -0.39 is 0 Å². The SMILES string of the molecule is CCC1CCCC(Oc2cc(OC)ccc2CBr)C1. The lowest BCUT2D eigenvalue weighted by Crippen LogP contribution is -2.25. The first-order valence-corrected chi connectivity index (χ1v) is 8.28. The minimum atomic E-state index is 0.364. The largest absolute Gasteiger partial charge is 0.497 e. The molecule has 1 saturated carbocycles. The summed E-state index contributed by atoms with van der Waals surface area (Å²) >= 11 is 3.52. The van der Waals surface area contributed by atoms with Gasteiger partial charge in [0.05, 0.1) is 13.2 Å². The predicted octanol–water partition coefficient (Wildman–Crippen LogP) is 4.94. The molecule has 2 unspecified atom stereocenters. The van der Waals surface area contributed by atoms with E-state index in [1.807, 2.05) is 12.1 Å². The number of halogens is 1. The normalized spacial score (nSPS) is 23.1. The van der Waals surface area contributed by atoms with E-state index in [1.54, 1.807) is 7.11 Å². The van der Waals surface area contributed by atoms with Gasteiger partial charge in [-0.15, -0.1) is 0 Å². The highest BCUT2D eigenvalue weighted by Crippen LogP contribution is 2.33. The van der Waals surface area contributed by atoms with E-state index >= 15 is 0 Å². The Morgan fingerprint density at radius 2 is 2.16 bits per heavy atom. The molecule has 2 rings (SSSR count). The summed E-state index contributed by atoms with van der Waals surface area (Å²) in [5.74, 6) is 2.66. The Hall–Kier alpha value is -0.700. The zero-order valence-electron chi connectivity index (χ0n) is 11.8. The first kappa shape index (κ1) is 14.7. The monoisotopic (exact) mass is 326 g/mol. The van der Waals surface area contributed by atoms with Crippen LogP contribution in [-0.4, -0.2) is 13.2 Å². The van der Waals surface area contributed by atoms with Crippen LogP contribution in [0.1, 0.15) is 44.6 Å². The fourth-order valence-electron chi connectivity index (χ4n) is 2.78. The van der Waals surface area contributed by atoms with Gasteiger partial charge >= 0.3 is 0 Å². The molecular formula is C16H23BrO2. The summed E-state index contributed by atoms with van der Waals surface area (Å²) in [6, 6.07) is 6.06. The van der Waals surface area contributed by atoms with E-state index in [-0.39, 0.29) is 0 Å². The second-order valence-corrected chi connectivity index (χ2v) is 5.85. The van der Waals surface area contributed by atoms with Crippen LogP contribution in [0.5, 0.6) is 11.5 Å². The van der Waals surface area contributed by atoms with Crippen LogP contribution >= 0.6 is 15.9 Å². The molecule has 2 nitrogen and oxygen atoms in total. The molecule has 0 spiro atoms. The van der Waals surface area contributed by atoms with Crippen molar-refractivity contribution in [3.63, 3.8) is 0 Å². The molecule has 0 N–H and O–H groups in total. The number of methoxy groups -OCH3 is 1. The second kappa shape index (κ2) is 7.18. The van der Waals surface area contributed by atoms with Crippen LogP contribution in [0.4, 0.5) is 0 Å². The number of benzene rings is 1. The molecule has 1 fully saturated rings. The highest BCUT2D eigenvalue weighted by atomic mass is 79.9. The molecular weight excluding hydrogens is 304 g/mol. The number of rotatable bonds is 5. The topological polar surface area (TPSA) is 18.5 Å². The molecule has 0 amide bonds. The first-order valence-electron chi connectivity index (χ1n) is 7.16. The summed E-state index contributed by atoms with van der Waals surface area (Å²) in [5.41, 5.74) is 1.19. The van der Waals surface area contributed by atoms with Crippen molar-refractivity contribution in [2.45, 2.75) is 50.5 Å². The van der Waals surface area contributed by atoms with Crippen LogP contribution < -0.4 is 9.47 Å². The molecule has 1 aliphatic rings. The van der Waals surface area contributed by atoms with Crippen molar-refractivity contribution in [2.75, 3.05) is 7.11 Å². The fourth-order valence-corrected chi connectivity index (χ4v) is 3.24. The molecule has 1 aliphatic carbocycles. The molecule has 1 aromatic carbocycles. The third-order valence-corrected chi connectivity index (χ3v) is 4.63. The minimum Gasteiger partial charge on any atom is -0.497 e. The Kier molecular flexibility index (Phi) is 5.56. The standard InChI is InChI=1S/C16H23BrO2/c1-3-12-5-4-6-15(9-12)19-16-10-14(18-2)8-7-13(16)11-17/h7-8,10,12,15H,3-6,9,11H2,1-2H3. The summed E-state index contributed by atoms with van der Waals surface area (Å²) in [4.78, 5) is 0. The molecule has 106 valence electrons. The maximum absolute atomic E-state index is 6.24. The second-order valence-electron chi connectivity index (χ2n) is 5.29. The van der Waals surface area contributed by atoms with Crippen LogP contribution in [-0.2, 0) is 5.33 Å². The van der Waals surface area contributed by atoms with Gasteiger partial charge in [0.25, 0.3) is 0 Å². The van der Waals surface area contributed by atoms with Crippen molar-refractivity contribution in [2.24, 2.45) is 5.92 Å². The molecule has 0 heterocycles. The number of ether oxygens (including phenoxy) is 2. The van der Waals surface area contributed by atoms with Gasteiger partial charge in [0.2, 0.25) is 0 Å². The lowest BCUT2D eigenvalue weighted by Gasteiger charge is -2.29. The van der Waals surface area contributed by atoms with Crippen LogP contribution in [0.25, 0.3) is 0 Å². The quantitative estimate of drug-likeness (QED) is 0.713. The van der Waals surface area contributed by atoms with Gasteiger partial charge in [-0.3, -0.25) is 0 Å². The summed E-state index contributed by atoms with van der Waals surface area (Å²) in [6.07, 6.45) is 6.65. The molecule has 19 heavy (non-hydrogen) atoms. The molecule has 3 heteroatoms. The smallest absolute Gasteiger partial charge is 0.127 e. The number of hydrogen-bond donors (Lipinski definition) is 0. The highest BCUT2D eigenvalue weighted by Gasteiger charge is 2.22. The summed E-state index contributed by atoms with van der Waals surface area (Å²) < 4.78 is 11.5. The van der Waals surface area contributed by atoms with Gasteiger partial charge in [0.15, 0.2) is 0 Å². The van der Waals surface area contributed by atoms with Crippen LogP contribution in [0.15, 0.2) is 18.2 Å². The van der Waals surface area contributed by atoms with Crippen molar-refractivity contribution in [3.8, 4) is 11.5 Å². The van der Waals surface area contributed by atoms with Gasteiger partial charge in [-0.05, 0) is 31.2 Å². The van der Waals surface area contributed by atoms with Gasteiger partial charge in [-0.2, -0.15) is 0 Å². The highest BCUT2D eigenvalue weighted by molar-refractivity contribution is 9.08. The third-order valence-electron chi connectivity index (χ3n) is 4.02. The fraction of sp³-hybridized carbons (Fsp3) is 0.625. The average molecular weight is 327 g/mol. The molecule has 0 aromatic heterocycles. The molecule has 1 aromatic rings. The average Bonchev–Trinajstić information content (AvgIpc) is 2.47. The van der Waals surface area contributed by atoms with E-state index in [4.69, 9.17) is 9.47 Å².